The maximum Gasteiger partial charge on any atom is 0.257 e. The molecule has 140 valence electrons. The van der Waals surface area contributed by atoms with Gasteiger partial charge in [0.25, 0.3) is 5.91 Å². The standard InChI is InChI=1S/C20H21FN4OS/c1-15-17(13-22-25(15)19-7-3-2-6-18(19)21)20(26)24-10-8-23(9-11-24)14-16-5-4-12-27-16/h2-7,12-13H,8-11,14H2,1H3. The molecule has 1 aliphatic rings. The van der Waals surface area contributed by atoms with Gasteiger partial charge in [-0.2, -0.15) is 5.10 Å². The van der Waals surface area contributed by atoms with E-state index in [1.165, 1.54) is 15.6 Å². The maximum atomic E-state index is 14.1. The second kappa shape index (κ2) is 7.62. The molecule has 3 heterocycles. The predicted molar refractivity (Wildman–Crippen MR) is 104 cm³/mol. The number of hydrogen-bond donors (Lipinski definition) is 0. The fourth-order valence-electron chi connectivity index (χ4n) is 3.39. The molecule has 0 saturated carbocycles. The summed E-state index contributed by atoms with van der Waals surface area (Å²) in [6, 6.07) is 10.7. The van der Waals surface area contributed by atoms with E-state index >= 15 is 0 Å². The zero-order chi connectivity index (χ0) is 18.8. The Morgan fingerprint density at radius 2 is 1.93 bits per heavy atom. The van der Waals surface area contributed by atoms with Crippen LogP contribution >= 0.6 is 11.3 Å². The van der Waals surface area contributed by atoms with Gasteiger partial charge in [0.15, 0.2) is 0 Å². The average molecular weight is 384 g/mol. The number of benzene rings is 1. The van der Waals surface area contributed by atoms with Gasteiger partial charge >= 0.3 is 0 Å². The number of carbonyl (C=O) groups excluding carboxylic acids is 1. The molecule has 2 aromatic heterocycles. The van der Waals surface area contributed by atoms with E-state index in [4.69, 9.17) is 0 Å². The van der Waals surface area contributed by atoms with Crippen LogP contribution in [0.3, 0.4) is 0 Å². The van der Waals surface area contributed by atoms with Crippen LogP contribution < -0.4 is 0 Å². The molecule has 1 aliphatic heterocycles. The molecule has 1 aromatic carbocycles. The molecule has 1 amide bonds. The third-order valence-corrected chi connectivity index (χ3v) is 5.80. The van der Waals surface area contributed by atoms with Gasteiger partial charge in [-0.3, -0.25) is 9.69 Å². The lowest BCUT2D eigenvalue weighted by atomic mass is 10.2. The van der Waals surface area contributed by atoms with Crippen molar-refractivity contribution < 1.29 is 9.18 Å². The summed E-state index contributed by atoms with van der Waals surface area (Å²) in [6.45, 7) is 5.82. The van der Waals surface area contributed by atoms with Crippen molar-refractivity contribution in [3.05, 3.63) is 69.9 Å². The summed E-state index contributed by atoms with van der Waals surface area (Å²) in [4.78, 5) is 18.5. The van der Waals surface area contributed by atoms with Crippen LogP contribution in [0, 0.1) is 12.7 Å². The zero-order valence-electron chi connectivity index (χ0n) is 15.1. The Balaban J connectivity index is 1.44. The highest BCUT2D eigenvalue weighted by Crippen LogP contribution is 2.19. The summed E-state index contributed by atoms with van der Waals surface area (Å²) in [7, 11) is 0. The molecule has 1 saturated heterocycles. The summed E-state index contributed by atoms with van der Waals surface area (Å²) in [5.74, 6) is -0.393. The molecule has 4 rings (SSSR count). The van der Waals surface area contributed by atoms with Crippen LogP contribution in [0.15, 0.2) is 48.0 Å². The first-order valence-electron chi connectivity index (χ1n) is 8.97. The van der Waals surface area contributed by atoms with Crippen LogP contribution in [0.1, 0.15) is 20.9 Å². The van der Waals surface area contributed by atoms with Crippen molar-refractivity contribution in [2.45, 2.75) is 13.5 Å². The van der Waals surface area contributed by atoms with Gasteiger partial charge in [0.1, 0.15) is 11.5 Å². The lowest BCUT2D eigenvalue weighted by Crippen LogP contribution is -2.48. The SMILES string of the molecule is Cc1c(C(=O)N2CCN(Cc3cccs3)CC2)cnn1-c1ccccc1F. The van der Waals surface area contributed by atoms with E-state index in [1.54, 1.807) is 42.7 Å². The van der Waals surface area contributed by atoms with Crippen LogP contribution in [-0.2, 0) is 6.54 Å². The second-order valence-electron chi connectivity index (χ2n) is 6.65. The van der Waals surface area contributed by atoms with Gasteiger partial charge in [0.05, 0.1) is 17.5 Å². The van der Waals surface area contributed by atoms with Crippen molar-refractivity contribution in [3.8, 4) is 5.69 Å². The Morgan fingerprint density at radius 1 is 1.15 bits per heavy atom. The average Bonchev–Trinajstić information content (AvgIpc) is 3.32. The van der Waals surface area contributed by atoms with Crippen molar-refractivity contribution in [1.29, 1.82) is 0 Å². The number of aromatic nitrogens is 2. The summed E-state index contributed by atoms with van der Waals surface area (Å²) >= 11 is 1.76. The van der Waals surface area contributed by atoms with Crippen molar-refractivity contribution in [1.82, 2.24) is 19.6 Å². The molecule has 27 heavy (non-hydrogen) atoms. The van der Waals surface area contributed by atoms with E-state index in [-0.39, 0.29) is 11.7 Å². The number of piperazine rings is 1. The molecule has 0 bridgehead atoms. The molecular weight excluding hydrogens is 363 g/mol. The van der Waals surface area contributed by atoms with Gasteiger partial charge in [-0.15, -0.1) is 11.3 Å². The summed E-state index contributed by atoms with van der Waals surface area (Å²) in [6.07, 6.45) is 1.54. The normalized spacial score (nSPS) is 15.3. The molecule has 0 atom stereocenters. The van der Waals surface area contributed by atoms with E-state index < -0.39 is 0 Å². The number of hydrogen-bond acceptors (Lipinski definition) is 4. The molecule has 7 heteroatoms. The van der Waals surface area contributed by atoms with E-state index in [9.17, 15) is 9.18 Å². The molecule has 0 unspecified atom stereocenters. The fraction of sp³-hybridized carbons (Fsp3) is 0.300. The largest absolute Gasteiger partial charge is 0.336 e. The van der Waals surface area contributed by atoms with Crippen molar-refractivity contribution in [3.63, 3.8) is 0 Å². The van der Waals surface area contributed by atoms with Crippen molar-refractivity contribution in [2.24, 2.45) is 0 Å². The Labute approximate surface area is 161 Å². The third kappa shape index (κ3) is 3.65. The molecular formula is C20H21FN4OS. The van der Waals surface area contributed by atoms with Crippen molar-refractivity contribution in [2.75, 3.05) is 26.2 Å². The minimum absolute atomic E-state index is 0.0362. The smallest absolute Gasteiger partial charge is 0.257 e. The number of carbonyl (C=O) groups is 1. The first kappa shape index (κ1) is 17.9. The summed E-state index contributed by atoms with van der Waals surface area (Å²) < 4.78 is 15.6. The highest BCUT2D eigenvalue weighted by molar-refractivity contribution is 7.09. The minimum Gasteiger partial charge on any atom is -0.336 e. The van der Waals surface area contributed by atoms with Gasteiger partial charge in [0.2, 0.25) is 0 Å². The monoisotopic (exact) mass is 384 g/mol. The zero-order valence-corrected chi connectivity index (χ0v) is 16.0. The number of amides is 1. The first-order chi connectivity index (χ1) is 13.1. The fourth-order valence-corrected chi connectivity index (χ4v) is 4.13. The number of para-hydroxylation sites is 1. The van der Waals surface area contributed by atoms with Crippen LogP contribution in [0.2, 0.25) is 0 Å². The van der Waals surface area contributed by atoms with Gasteiger partial charge < -0.3 is 4.90 Å². The van der Waals surface area contributed by atoms with Crippen LogP contribution in [0.4, 0.5) is 4.39 Å². The number of thiophene rings is 1. The van der Waals surface area contributed by atoms with Crippen LogP contribution in [-0.4, -0.2) is 51.7 Å². The maximum absolute atomic E-state index is 14.1. The Bertz CT molecular complexity index is 929. The number of nitrogens with zero attached hydrogens (tertiary/aromatic N) is 4. The number of rotatable bonds is 4. The van der Waals surface area contributed by atoms with E-state index in [1.807, 2.05) is 4.90 Å². The van der Waals surface area contributed by atoms with Crippen LogP contribution in [0.25, 0.3) is 5.69 Å². The highest BCUT2D eigenvalue weighted by Gasteiger charge is 2.25. The molecule has 0 radical (unpaired) electrons. The summed E-state index contributed by atoms with van der Waals surface area (Å²) in [5, 5.41) is 6.34. The lowest BCUT2D eigenvalue weighted by molar-refractivity contribution is 0.0629. The first-order valence-corrected chi connectivity index (χ1v) is 9.85. The molecule has 0 N–H and O–H groups in total. The quantitative estimate of drug-likeness (QED) is 0.693. The third-order valence-electron chi connectivity index (χ3n) is 4.94. The summed E-state index contributed by atoms with van der Waals surface area (Å²) in [5.41, 5.74) is 1.55. The highest BCUT2D eigenvalue weighted by atomic mass is 32.1. The predicted octanol–water partition coefficient (Wildman–Crippen LogP) is 3.34. The van der Waals surface area contributed by atoms with Gasteiger partial charge in [-0.05, 0) is 30.5 Å². The van der Waals surface area contributed by atoms with Gasteiger partial charge in [-0.1, -0.05) is 18.2 Å². The van der Waals surface area contributed by atoms with Crippen molar-refractivity contribution >= 4 is 17.2 Å². The molecule has 0 spiro atoms. The number of halogens is 1. The molecule has 3 aromatic rings. The Hall–Kier alpha value is -2.51. The molecule has 1 fully saturated rings. The Kier molecular flexibility index (Phi) is 5.05. The van der Waals surface area contributed by atoms with E-state index in [0.29, 0.717) is 30.0 Å². The van der Waals surface area contributed by atoms with Gasteiger partial charge in [0, 0.05) is 37.6 Å². The van der Waals surface area contributed by atoms with E-state index in [0.717, 1.165) is 19.6 Å². The second-order valence-corrected chi connectivity index (χ2v) is 7.69. The molecule has 0 aliphatic carbocycles. The van der Waals surface area contributed by atoms with Gasteiger partial charge in [-0.25, -0.2) is 9.07 Å². The molecule has 5 nitrogen and oxygen atoms in total. The topological polar surface area (TPSA) is 41.4 Å². The minimum atomic E-state index is -0.357. The Morgan fingerprint density at radius 3 is 2.63 bits per heavy atom. The van der Waals surface area contributed by atoms with E-state index in [2.05, 4.69) is 27.5 Å². The van der Waals surface area contributed by atoms with Crippen LogP contribution in [0.5, 0.6) is 0 Å². The lowest BCUT2D eigenvalue weighted by Gasteiger charge is -2.34.